The minimum Gasteiger partial charge on any atom is -0.314 e. The first kappa shape index (κ1) is 13.4. The SMILES string of the molecule is CCCNC1CCC(Sc2ccc(Br)cn2)C1. The first-order chi connectivity index (χ1) is 8.28. The van der Waals surface area contributed by atoms with E-state index in [2.05, 4.69) is 45.3 Å². The number of rotatable bonds is 5. The van der Waals surface area contributed by atoms with E-state index in [9.17, 15) is 0 Å². The summed E-state index contributed by atoms with van der Waals surface area (Å²) in [5.41, 5.74) is 0. The van der Waals surface area contributed by atoms with E-state index < -0.39 is 0 Å². The number of hydrogen-bond donors (Lipinski definition) is 1. The molecule has 1 aliphatic rings. The van der Waals surface area contributed by atoms with E-state index >= 15 is 0 Å². The number of nitrogens with one attached hydrogen (secondary N) is 1. The molecular weight excluding hydrogens is 296 g/mol. The van der Waals surface area contributed by atoms with Crippen molar-refractivity contribution in [3.05, 3.63) is 22.8 Å². The van der Waals surface area contributed by atoms with Crippen molar-refractivity contribution in [2.45, 2.75) is 48.9 Å². The third-order valence-electron chi connectivity index (χ3n) is 3.06. The molecule has 1 N–H and O–H groups in total. The molecule has 1 aliphatic carbocycles. The Hall–Kier alpha value is -0.0600. The Morgan fingerprint density at radius 3 is 3.06 bits per heavy atom. The fourth-order valence-corrected chi connectivity index (χ4v) is 3.60. The monoisotopic (exact) mass is 314 g/mol. The van der Waals surface area contributed by atoms with Crippen molar-refractivity contribution in [3.8, 4) is 0 Å². The molecule has 1 saturated carbocycles. The summed E-state index contributed by atoms with van der Waals surface area (Å²) in [6.45, 7) is 3.37. The van der Waals surface area contributed by atoms with Crippen molar-refractivity contribution >= 4 is 27.7 Å². The lowest BCUT2D eigenvalue weighted by atomic mass is 10.2. The summed E-state index contributed by atoms with van der Waals surface area (Å²) in [5.74, 6) is 0. The summed E-state index contributed by atoms with van der Waals surface area (Å²) in [7, 11) is 0. The Balaban J connectivity index is 1.79. The molecular formula is C13H19BrN2S. The standard InChI is InChI=1S/C13H19BrN2S/c1-2-7-15-11-4-5-12(8-11)17-13-6-3-10(14)9-16-13/h3,6,9,11-12,15H,2,4-5,7-8H2,1H3. The minimum absolute atomic E-state index is 0.725. The maximum Gasteiger partial charge on any atom is 0.0963 e. The van der Waals surface area contributed by atoms with Crippen LogP contribution in [0.1, 0.15) is 32.6 Å². The summed E-state index contributed by atoms with van der Waals surface area (Å²) in [4.78, 5) is 4.42. The first-order valence-electron chi connectivity index (χ1n) is 6.29. The largest absolute Gasteiger partial charge is 0.314 e. The van der Waals surface area contributed by atoms with Gasteiger partial charge in [-0.2, -0.15) is 0 Å². The number of aromatic nitrogens is 1. The van der Waals surface area contributed by atoms with Crippen LogP contribution in [0.2, 0.25) is 0 Å². The van der Waals surface area contributed by atoms with Gasteiger partial charge in [0.15, 0.2) is 0 Å². The average molecular weight is 315 g/mol. The van der Waals surface area contributed by atoms with Crippen LogP contribution in [0.3, 0.4) is 0 Å². The molecule has 2 unspecified atom stereocenters. The molecule has 1 heterocycles. The van der Waals surface area contributed by atoms with Crippen LogP contribution in [0.25, 0.3) is 0 Å². The van der Waals surface area contributed by atoms with Crippen molar-refractivity contribution in [2.75, 3.05) is 6.54 Å². The molecule has 0 aromatic carbocycles. The molecule has 0 amide bonds. The normalized spacial score (nSPS) is 24.1. The van der Waals surface area contributed by atoms with Crippen molar-refractivity contribution in [1.29, 1.82) is 0 Å². The Labute approximate surface area is 116 Å². The van der Waals surface area contributed by atoms with Gasteiger partial charge in [-0.25, -0.2) is 4.98 Å². The lowest BCUT2D eigenvalue weighted by Crippen LogP contribution is -2.27. The molecule has 2 atom stereocenters. The van der Waals surface area contributed by atoms with Gasteiger partial charge < -0.3 is 5.32 Å². The highest BCUT2D eigenvalue weighted by Crippen LogP contribution is 2.34. The Morgan fingerprint density at radius 1 is 1.47 bits per heavy atom. The maximum atomic E-state index is 4.42. The number of nitrogens with zero attached hydrogens (tertiary/aromatic N) is 1. The van der Waals surface area contributed by atoms with Gasteiger partial charge in [0.25, 0.3) is 0 Å². The highest BCUT2D eigenvalue weighted by atomic mass is 79.9. The van der Waals surface area contributed by atoms with Gasteiger partial charge in [0, 0.05) is 22.0 Å². The van der Waals surface area contributed by atoms with E-state index in [1.54, 1.807) is 0 Å². The van der Waals surface area contributed by atoms with Gasteiger partial charge in [-0.1, -0.05) is 6.92 Å². The van der Waals surface area contributed by atoms with E-state index in [-0.39, 0.29) is 0 Å². The zero-order valence-electron chi connectivity index (χ0n) is 10.2. The first-order valence-corrected chi connectivity index (χ1v) is 7.96. The maximum absolute atomic E-state index is 4.42. The van der Waals surface area contributed by atoms with Gasteiger partial charge in [0.2, 0.25) is 0 Å². The molecule has 17 heavy (non-hydrogen) atoms. The van der Waals surface area contributed by atoms with E-state index in [1.165, 1.54) is 25.7 Å². The van der Waals surface area contributed by atoms with E-state index in [0.717, 1.165) is 27.3 Å². The zero-order chi connectivity index (χ0) is 12.1. The smallest absolute Gasteiger partial charge is 0.0963 e. The summed E-state index contributed by atoms with van der Waals surface area (Å²) in [6.07, 6.45) is 7.01. The molecule has 2 rings (SSSR count). The Bertz CT molecular complexity index is 342. The number of halogens is 1. The highest BCUT2D eigenvalue weighted by molar-refractivity contribution is 9.10. The molecule has 0 radical (unpaired) electrons. The van der Waals surface area contributed by atoms with E-state index in [1.807, 2.05) is 18.0 Å². The second kappa shape index (κ2) is 6.76. The molecule has 94 valence electrons. The van der Waals surface area contributed by atoms with Crippen LogP contribution in [0.15, 0.2) is 27.8 Å². The number of pyridine rings is 1. The van der Waals surface area contributed by atoms with Gasteiger partial charge in [-0.3, -0.25) is 0 Å². The van der Waals surface area contributed by atoms with Gasteiger partial charge >= 0.3 is 0 Å². The molecule has 0 bridgehead atoms. The number of thioether (sulfide) groups is 1. The highest BCUT2D eigenvalue weighted by Gasteiger charge is 2.24. The second-order valence-electron chi connectivity index (χ2n) is 4.52. The van der Waals surface area contributed by atoms with Crippen LogP contribution in [0.4, 0.5) is 0 Å². The Morgan fingerprint density at radius 2 is 2.35 bits per heavy atom. The summed E-state index contributed by atoms with van der Waals surface area (Å²) >= 11 is 5.34. The minimum atomic E-state index is 0.725. The van der Waals surface area contributed by atoms with Gasteiger partial charge in [-0.05, 0) is 60.3 Å². The zero-order valence-corrected chi connectivity index (χ0v) is 12.6. The molecule has 1 aromatic rings. The molecule has 0 spiro atoms. The summed E-state index contributed by atoms with van der Waals surface area (Å²) < 4.78 is 1.05. The third kappa shape index (κ3) is 4.27. The van der Waals surface area contributed by atoms with Crippen molar-refractivity contribution in [3.63, 3.8) is 0 Å². The Kier molecular flexibility index (Phi) is 5.32. The molecule has 0 saturated heterocycles. The van der Waals surface area contributed by atoms with Crippen molar-refractivity contribution in [2.24, 2.45) is 0 Å². The van der Waals surface area contributed by atoms with Crippen LogP contribution >= 0.6 is 27.7 Å². The quantitative estimate of drug-likeness (QED) is 0.893. The van der Waals surface area contributed by atoms with E-state index in [4.69, 9.17) is 0 Å². The predicted molar refractivity (Wildman–Crippen MR) is 77.5 cm³/mol. The van der Waals surface area contributed by atoms with E-state index in [0.29, 0.717) is 0 Å². The number of hydrogen-bond acceptors (Lipinski definition) is 3. The molecule has 4 heteroatoms. The fraction of sp³-hybridized carbons (Fsp3) is 0.615. The average Bonchev–Trinajstić information content (AvgIpc) is 2.77. The summed E-state index contributed by atoms with van der Waals surface area (Å²) in [6, 6.07) is 4.89. The van der Waals surface area contributed by atoms with Gasteiger partial charge in [0.1, 0.15) is 0 Å². The van der Waals surface area contributed by atoms with Gasteiger partial charge in [0.05, 0.1) is 5.03 Å². The molecule has 1 aromatic heterocycles. The van der Waals surface area contributed by atoms with Crippen LogP contribution in [-0.2, 0) is 0 Å². The predicted octanol–water partition coefficient (Wildman–Crippen LogP) is 3.86. The molecule has 1 fully saturated rings. The van der Waals surface area contributed by atoms with Crippen molar-refractivity contribution in [1.82, 2.24) is 10.3 Å². The van der Waals surface area contributed by atoms with Crippen LogP contribution < -0.4 is 5.32 Å². The molecule has 2 nitrogen and oxygen atoms in total. The van der Waals surface area contributed by atoms with Crippen molar-refractivity contribution < 1.29 is 0 Å². The lowest BCUT2D eigenvalue weighted by molar-refractivity contribution is 0.524. The molecule has 0 aliphatic heterocycles. The van der Waals surface area contributed by atoms with Crippen LogP contribution in [0, 0.1) is 0 Å². The third-order valence-corrected chi connectivity index (χ3v) is 4.77. The second-order valence-corrected chi connectivity index (χ2v) is 6.75. The lowest BCUT2D eigenvalue weighted by Gasteiger charge is -2.12. The van der Waals surface area contributed by atoms with Crippen LogP contribution in [-0.4, -0.2) is 22.8 Å². The fourth-order valence-electron chi connectivity index (χ4n) is 2.18. The van der Waals surface area contributed by atoms with Crippen LogP contribution in [0.5, 0.6) is 0 Å². The summed E-state index contributed by atoms with van der Waals surface area (Å²) in [5, 5.41) is 5.50. The van der Waals surface area contributed by atoms with Gasteiger partial charge in [-0.15, -0.1) is 11.8 Å². The topological polar surface area (TPSA) is 24.9 Å².